The van der Waals surface area contributed by atoms with E-state index in [0.29, 0.717) is 0 Å². The van der Waals surface area contributed by atoms with Crippen LogP contribution >= 0.6 is 12.2 Å². The predicted molar refractivity (Wildman–Crippen MR) is 45.4 cm³/mol. The van der Waals surface area contributed by atoms with Crippen LogP contribution in [-0.2, 0) is 9.53 Å². The molecule has 1 aliphatic rings. The first kappa shape index (κ1) is 8.46. The van der Waals surface area contributed by atoms with Crippen LogP contribution in [0.15, 0.2) is 0 Å². The first-order chi connectivity index (χ1) is 5.24. The number of methoxy groups -OCH3 is 1. The van der Waals surface area contributed by atoms with Gasteiger partial charge in [-0.2, -0.15) is 0 Å². The lowest BCUT2D eigenvalue weighted by atomic mass is 10.1. The molecule has 1 aliphatic heterocycles. The Labute approximate surface area is 71.1 Å². The quantitative estimate of drug-likeness (QED) is 0.466. The Kier molecular flexibility index (Phi) is 2.82. The molecule has 0 aromatic heterocycles. The summed E-state index contributed by atoms with van der Waals surface area (Å²) in [6.07, 6.45) is 2.70. The highest BCUT2D eigenvalue weighted by molar-refractivity contribution is 7.80. The summed E-state index contributed by atoms with van der Waals surface area (Å²) < 4.78 is 4.58. The molecule has 0 amide bonds. The Morgan fingerprint density at radius 2 is 2.55 bits per heavy atom. The minimum absolute atomic E-state index is 0.207. The van der Waals surface area contributed by atoms with Gasteiger partial charge in [-0.15, -0.1) is 0 Å². The second-order valence-corrected chi connectivity index (χ2v) is 3.03. The average Bonchev–Trinajstić information content (AvgIpc) is 2.03. The Bertz CT molecular complexity index is 181. The normalized spacial score (nSPS) is 24.1. The first-order valence-corrected chi connectivity index (χ1v) is 4.02. The Morgan fingerprint density at radius 1 is 1.82 bits per heavy atom. The highest BCUT2D eigenvalue weighted by Crippen LogP contribution is 2.09. The summed E-state index contributed by atoms with van der Waals surface area (Å²) in [5, 5.41) is 2.92. The standard InChI is InChI=1S/C7H11NO2S/c1-10-7(9)5-3-2-4-6(11)8-5/h5H,2-4H2,1H3,(H,8,11). The molecule has 1 unspecified atom stereocenters. The highest BCUT2D eigenvalue weighted by Gasteiger charge is 2.22. The number of hydrogen-bond donors (Lipinski definition) is 1. The van der Waals surface area contributed by atoms with Crippen LogP contribution in [0.2, 0.25) is 0 Å². The molecule has 3 nitrogen and oxygen atoms in total. The van der Waals surface area contributed by atoms with E-state index in [9.17, 15) is 4.79 Å². The number of carbonyl (C=O) groups excluding carboxylic acids is 1. The largest absolute Gasteiger partial charge is 0.467 e. The molecule has 11 heavy (non-hydrogen) atoms. The molecule has 1 atom stereocenters. The van der Waals surface area contributed by atoms with Crippen LogP contribution in [0.4, 0.5) is 0 Å². The summed E-state index contributed by atoms with van der Waals surface area (Å²) in [4.78, 5) is 11.7. The van der Waals surface area contributed by atoms with Gasteiger partial charge in [0.05, 0.1) is 12.1 Å². The number of carbonyl (C=O) groups is 1. The van der Waals surface area contributed by atoms with Crippen LogP contribution in [-0.4, -0.2) is 24.1 Å². The third-order valence-corrected chi connectivity index (χ3v) is 2.04. The monoisotopic (exact) mass is 173 g/mol. The lowest BCUT2D eigenvalue weighted by Gasteiger charge is -2.22. The molecule has 0 spiro atoms. The molecule has 1 N–H and O–H groups in total. The van der Waals surface area contributed by atoms with E-state index in [-0.39, 0.29) is 12.0 Å². The van der Waals surface area contributed by atoms with E-state index in [1.807, 2.05) is 0 Å². The van der Waals surface area contributed by atoms with E-state index in [2.05, 4.69) is 10.1 Å². The molecule has 0 aromatic carbocycles. The predicted octanol–water partition coefficient (Wildman–Crippen LogP) is 0.629. The molecule has 0 bridgehead atoms. The third-order valence-electron chi connectivity index (χ3n) is 1.72. The molecule has 0 saturated carbocycles. The molecule has 1 fully saturated rings. The zero-order valence-electron chi connectivity index (χ0n) is 6.42. The fourth-order valence-electron chi connectivity index (χ4n) is 1.12. The fourth-order valence-corrected chi connectivity index (χ4v) is 1.41. The van der Waals surface area contributed by atoms with Gasteiger partial charge < -0.3 is 10.1 Å². The number of nitrogens with one attached hydrogen (secondary N) is 1. The van der Waals surface area contributed by atoms with Crippen molar-refractivity contribution in [1.29, 1.82) is 0 Å². The summed E-state index contributed by atoms with van der Waals surface area (Å²) in [5.41, 5.74) is 0. The molecule has 1 saturated heterocycles. The van der Waals surface area contributed by atoms with E-state index in [0.717, 1.165) is 24.3 Å². The van der Waals surface area contributed by atoms with Gasteiger partial charge in [-0.25, -0.2) is 4.79 Å². The summed E-state index contributed by atoms with van der Waals surface area (Å²) in [7, 11) is 1.39. The van der Waals surface area contributed by atoms with Gasteiger partial charge >= 0.3 is 5.97 Å². The Balaban J connectivity index is 2.45. The van der Waals surface area contributed by atoms with Crippen molar-refractivity contribution < 1.29 is 9.53 Å². The molecule has 4 heteroatoms. The molecule has 1 rings (SSSR count). The zero-order valence-corrected chi connectivity index (χ0v) is 7.24. The van der Waals surface area contributed by atoms with Crippen LogP contribution in [0.25, 0.3) is 0 Å². The molecule has 1 heterocycles. The number of piperidine rings is 1. The SMILES string of the molecule is COC(=O)C1CCCC(=S)N1. The number of ether oxygens (including phenoxy) is 1. The zero-order chi connectivity index (χ0) is 8.27. The third kappa shape index (κ3) is 2.15. The summed E-state index contributed by atoms with van der Waals surface area (Å²) in [6.45, 7) is 0. The molecule has 0 radical (unpaired) electrons. The van der Waals surface area contributed by atoms with Crippen LogP contribution in [0.5, 0.6) is 0 Å². The van der Waals surface area contributed by atoms with Crippen molar-refractivity contribution >= 4 is 23.2 Å². The molecule has 0 aromatic rings. The second-order valence-electron chi connectivity index (χ2n) is 2.54. The van der Waals surface area contributed by atoms with Crippen molar-refractivity contribution in [2.45, 2.75) is 25.3 Å². The topological polar surface area (TPSA) is 38.3 Å². The van der Waals surface area contributed by atoms with Gasteiger partial charge in [0.25, 0.3) is 0 Å². The highest BCUT2D eigenvalue weighted by atomic mass is 32.1. The van der Waals surface area contributed by atoms with Crippen LogP contribution in [0.1, 0.15) is 19.3 Å². The molecular formula is C7H11NO2S. The van der Waals surface area contributed by atoms with E-state index in [1.165, 1.54) is 7.11 Å². The first-order valence-electron chi connectivity index (χ1n) is 3.61. The maximum atomic E-state index is 11.0. The van der Waals surface area contributed by atoms with Crippen molar-refractivity contribution in [3.63, 3.8) is 0 Å². The summed E-state index contributed by atoms with van der Waals surface area (Å²) >= 11 is 4.93. The molecular weight excluding hydrogens is 162 g/mol. The van der Waals surface area contributed by atoms with E-state index < -0.39 is 0 Å². The van der Waals surface area contributed by atoms with Gasteiger partial charge in [-0.1, -0.05) is 12.2 Å². The van der Waals surface area contributed by atoms with Crippen LogP contribution in [0, 0.1) is 0 Å². The summed E-state index contributed by atoms with van der Waals surface area (Å²) in [5.74, 6) is -0.216. The number of rotatable bonds is 1. The lowest BCUT2D eigenvalue weighted by Crippen LogP contribution is -2.43. The van der Waals surface area contributed by atoms with Crippen molar-refractivity contribution in [3.05, 3.63) is 0 Å². The minimum Gasteiger partial charge on any atom is -0.467 e. The number of esters is 1. The number of thiocarbonyl (C=S) groups is 1. The van der Waals surface area contributed by atoms with Crippen molar-refractivity contribution in [1.82, 2.24) is 5.32 Å². The van der Waals surface area contributed by atoms with Crippen molar-refractivity contribution in [3.8, 4) is 0 Å². The van der Waals surface area contributed by atoms with E-state index in [1.54, 1.807) is 0 Å². The molecule has 62 valence electrons. The van der Waals surface area contributed by atoms with Crippen molar-refractivity contribution in [2.24, 2.45) is 0 Å². The fraction of sp³-hybridized carbons (Fsp3) is 0.714. The maximum absolute atomic E-state index is 11.0. The van der Waals surface area contributed by atoms with E-state index >= 15 is 0 Å². The van der Waals surface area contributed by atoms with Crippen LogP contribution in [0.3, 0.4) is 0 Å². The van der Waals surface area contributed by atoms with Gasteiger partial charge in [0.2, 0.25) is 0 Å². The van der Waals surface area contributed by atoms with Gasteiger partial charge in [0.1, 0.15) is 6.04 Å². The average molecular weight is 173 g/mol. The van der Waals surface area contributed by atoms with Gasteiger partial charge in [-0.05, 0) is 19.3 Å². The molecule has 0 aliphatic carbocycles. The van der Waals surface area contributed by atoms with Gasteiger partial charge in [0.15, 0.2) is 0 Å². The second kappa shape index (κ2) is 3.67. The number of hydrogen-bond acceptors (Lipinski definition) is 3. The smallest absolute Gasteiger partial charge is 0.328 e. The van der Waals surface area contributed by atoms with Crippen LogP contribution < -0.4 is 5.32 Å². The maximum Gasteiger partial charge on any atom is 0.328 e. The lowest BCUT2D eigenvalue weighted by molar-refractivity contribution is -0.143. The Morgan fingerprint density at radius 3 is 3.09 bits per heavy atom. The minimum atomic E-state index is -0.216. The van der Waals surface area contributed by atoms with Gasteiger partial charge in [-0.3, -0.25) is 0 Å². The van der Waals surface area contributed by atoms with E-state index in [4.69, 9.17) is 12.2 Å². The summed E-state index contributed by atoms with van der Waals surface area (Å²) in [6, 6.07) is -0.207. The Hall–Kier alpha value is -0.640. The van der Waals surface area contributed by atoms with Crippen molar-refractivity contribution in [2.75, 3.05) is 7.11 Å². The van der Waals surface area contributed by atoms with Gasteiger partial charge in [0, 0.05) is 0 Å².